The molecule has 0 saturated carbocycles. The first-order valence-corrected chi connectivity index (χ1v) is 7.57. The summed E-state index contributed by atoms with van der Waals surface area (Å²) < 4.78 is 60.3. The minimum atomic E-state index is -4.31. The molecule has 0 saturated heterocycles. The highest BCUT2D eigenvalue weighted by Crippen LogP contribution is 2.21. The van der Waals surface area contributed by atoms with Crippen LogP contribution in [0.3, 0.4) is 0 Å². The van der Waals surface area contributed by atoms with Crippen LogP contribution in [0.1, 0.15) is 38.5 Å². The van der Waals surface area contributed by atoms with Gasteiger partial charge in [0.1, 0.15) is 0 Å². The van der Waals surface area contributed by atoms with E-state index in [1.54, 1.807) is 0 Å². The van der Waals surface area contributed by atoms with Gasteiger partial charge >= 0.3 is 6.18 Å². The van der Waals surface area contributed by atoms with Crippen LogP contribution >= 0.6 is 0 Å². The molecule has 0 heterocycles. The first-order chi connectivity index (χ1) is 8.27. The maximum Gasteiger partial charge on any atom is 0.389 e. The second kappa shape index (κ2) is 8.71. The molecule has 4 nitrogen and oxygen atoms in total. The third kappa shape index (κ3) is 12.1. The summed E-state index contributed by atoms with van der Waals surface area (Å²) in [6.45, 7) is 0.350. The van der Waals surface area contributed by atoms with E-state index in [0.717, 1.165) is 12.8 Å². The number of rotatable bonds is 10. The summed E-state index contributed by atoms with van der Waals surface area (Å²) in [5.74, 6) is -0.497. The van der Waals surface area contributed by atoms with Gasteiger partial charge in [-0.1, -0.05) is 12.8 Å². The molecular formula is C10H20F3NO3S. The van der Waals surface area contributed by atoms with Gasteiger partial charge in [-0.3, -0.25) is 0 Å². The van der Waals surface area contributed by atoms with Crippen molar-refractivity contribution >= 4 is 10.0 Å². The van der Waals surface area contributed by atoms with Crippen LogP contribution in [0.25, 0.3) is 0 Å². The maximum absolute atomic E-state index is 11.8. The van der Waals surface area contributed by atoms with Crippen molar-refractivity contribution in [2.45, 2.75) is 44.7 Å². The van der Waals surface area contributed by atoms with Gasteiger partial charge in [-0.05, 0) is 19.3 Å². The Balaban J connectivity index is 3.62. The van der Waals surface area contributed by atoms with Crippen LogP contribution in [0.4, 0.5) is 13.2 Å². The van der Waals surface area contributed by atoms with Crippen LogP contribution in [0.2, 0.25) is 0 Å². The Bertz CT molecular complexity index is 304. The van der Waals surface area contributed by atoms with Crippen molar-refractivity contribution in [2.75, 3.05) is 18.9 Å². The lowest BCUT2D eigenvalue weighted by molar-refractivity contribution is -0.134. The lowest BCUT2D eigenvalue weighted by Gasteiger charge is -2.08. The minimum Gasteiger partial charge on any atom is -0.396 e. The number of nitrogens with one attached hydrogen (secondary N) is 1. The first-order valence-electron chi connectivity index (χ1n) is 5.92. The van der Waals surface area contributed by atoms with Crippen LogP contribution in [0.5, 0.6) is 0 Å². The Labute approximate surface area is 106 Å². The number of hydrogen-bond acceptors (Lipinski definition) is 3. The topological polar surface area (TPSA) is 66.4 Å². The molecule has 110 valence electrons. The molecule has 0 aromatic heterocycles. The third-order valence-corrected chi connectivity index (χ3v) is 3.75. The minimum absolute atomic E-state index is 0.114. The van der Waals surface area contributed by atoms with E-state index in [4.69, 9.17) is 5.11 Å². The quantitative estimate of drug-likeness (QED) is 0.603. The van der Waals surface area contributed by atoms with Gasteiger partial charge in [-0.15, -0.1) is 0 Å². The van der Waals surface area contributed by atoms with Crippen LogP contribution in [-0.2, 0) is 10.0 Å². The number of sulfonamides is 1. The van der Waals surface area contributed by atoms with Gasteiger partial charge in [0.25, 0.3) is 0 Å². The third-order valence-electron chi connectivity index (χ3n) is 2.28. The Hall–Kier alpha value is -0.340. The van der Waals surface area contributed by atoms with Gasteiger partial charge in [-0.2, -0.15) is 13.2 Å². The molecule has 0 bridgehead atoms. The van der Waals surface area contributed by atoms with Crippen LogP contribution in [0.15, 0.2) is 0 Å². The van der Waals surface area contributed by atoms with Crippen molar-refractivity contribution in [1.82, 2.24) is 4.72 Å². The molecular weight excluding hydrogens is 271 g/mol. The largest absolute Gasteiger partial charge is 0.396 e. The summed E-state index contributed by atoms with van der Waals surface area (Å²) in [4.78, 5) is 0. The average molecular weight is 291 g/mol. The predicted octanol–water partition coefficient (Wildman–Crippen LogP) is 1.80. The Morgan fingerprint density at radius 1 is 1.00 bits per heavy atom. The fourth-order valence-corrected chi connectivity index (χ4v) is 2.48. The molecule has 0 amide bonds. The van der Waals surface area contributed by atoms with E-state index in [-0.39, 0.29) is 13.2 Å². The van der Waals surface area contributed by atoms with Crippen molar-refractivity contribution in [2.24, 2.45) is 0 Å². The zero-order valence-electron chi connectivity index (χ0n) is 10.2. The van der Waals surface area contributed by atoms with Crippen molar-refractivity contribution in [3.8, 4) is 0 Å². The van der Waals surface area contributed by atoms with Crippen molar-refractivity contribution in [3.63, 3.8) is 0 Å². The standard InChI is InChI=1S/C10H20F3NO3S/c11-10(12,13)6-5-9-18(16,17)14-7-3-1-2-4-8-15/h14-15H,1-9H2. The summed E-state index contributed by atoms with van der Waals surface area (Å²) in [5, 5.41) is 8.51. The molecule has 0 aliphatic heterocycles. The van der Waals surface area contributed by atoms with Crippen molar-refractivity contribution < 1.29 is 26.7 Å². The first kappa shape index (κ1) is 17.7. The normalized spacial score (nSPS) is 12.9. The Morgan fingerprint density at radius 2 is 1.61 bits per heavy atom. The highest BCUT2D eigenvalue weighted by Gasteiger charge is 2.27. The van der Waals surface area contributed by atoms with Gasteiger partial charge < -0.3 is 5.11 Å². The van der Waals surface area contributed by atoms with Crippen LogP contribution < -0.4 is 4.72 Å². The zero-order valence-corrected chi connectivity index (χ0v) is 11.0. The van der Waals surface area contributed by atoms with Gasteiger partial charge in [-0.25, -0.2) is 13.1 Å². The molecule has 0 aromatic rings. The number of halogens is 3. The van der Waals surface area contributed by atoms with E-state index in [0.29, 0.717) is 12.8 Å². The summed E-state index contributed by atoms with van der Waals surface area (Å²) >= 11 is 0. The number of alkyl halides is 3. The molecule has 0 aliphatic carbocycles. The van der Waals surface area contributed by atoms with Gasteiger partial charge in [0.2, 0.25) is 10.0 Å². The summed E-state index contributed by atoms with van der Waals surface area (Å²) in [6.07, 6.45) is -2.90. The highest BCUT2D eigenvalue weighted by atomic mass is 32.2. The van der Waals surface area contributed by atoms with E-state index in [9.17, 15) is 21.6 Å². The Kier molecular flexibility index (Phi) is 8.54. The van der Waals surface area contributed by atoms with Gasteiger partial charge in [0.05, 0.1) is 5.75 Å². The fourth-order valence-electron chi connectivity index (χ4n) is 1.35. The second-order valence-electron chi connectivity index (χ2n) is 4.07. The van der Waals surface area contributed by atoms with Crippen molar-refractivity contribution in [1.29, 1.82) is 0 Å². The predicted molar refractivity (Wildman–Crippen MR) is 62.6 cm³/mol. The molecule has 0 rings (SSSR count). The van der Waals surface area contributed by atoms with Crippen LogP contribution in [-0.4, -0.2) is 38.6 Å². The second-order valence-corrected chi connectivity index (χ2v) is 6.00. The smallest absolute Gasteiger partial charge is 0.389 e. The Morgan fingerprint density at radius 3 is 2.17 bits per heavy atom. The summed E-state index contributed by atoms with van der Waals surface area (Å²) in [5.41, 5.74) is 0. The van der Waals surface area contributed by atoms with Crippen molar-refractivity contribution in [3.05, 3.63) is 0 Å². The molecule has 0 atom stereocenters. The fraction of sp³-hybridized carbons (Fsp3) is 1.00. The van der Waals surface area contributed by atoms with Gasteiger partial charge in [0.15, 0.2) is 0 Å². The molecule has 0 radical (unpaired) electrons. The van der Waals surface area contributed by atoms with E-state index in [2.05, 4.69) is 4.72 Å². The number of aliphatic hydroxyl groups excluding tert-OH is 1. The molecule has 8 heteroatoms. The number of unbranched alkanes of at least 4 members (excludes halogenated alkanes) is 3. The molecule has 2 N–H and O–H groups in total. The molecule has 0 aromatic carbocycles. The van der Waals surface area contributed by atoms with Crippen LogP contribution in [0, 0.1) is 0 Å². The maximum atomic E-state index is 11.8. The molecule has 18 heavy (non-hydrogen) atoms. The molecule has 0 aliphatic rings. The lowest BCUT2D eigenvalue weighted by Crippen LogP contribution is -2.28. The molecule has 0 fully saturated rings. The SMILES string of the molecule is O=S(=O)(CCCC(F)(F)F)NCCCCCCO. The van der Waals surface area contributed by atoms with E-state index < -0.39 is 34.8 Å². The van der Waals surface area contributed by atoms with E-state index in [1.807, 2.05) is 0 Å². The van der Waals surface area contributed by atoms with Gasteiger partial charge in [0, 0.05) is 19.6 Å². The molecule has 0 spiro atoms. The number of aliphatic hydroxyl groups is 1. The zero-order chi connectivity index (χ0) is 14.1. The lowest BCUT2D eigenvalue weighted by atomic mass is 10.2. The molecule has 0 unspecified atom stereocenters. The number of hydrogen-bond donors (Lipinski definition) is 2. The van der Waals surface area contributed by atoms with E-state index in [1.165, 1.54) is 0 Å². The van der Waals surface area contributed by atoms with E-state index >= 15 is 0 Å². The summed E-state index contributed by atoms with van der Waals surface area (Å²) in [6, 6.07) is 0. The average Bonchev–Trinajstić information content (AvgIpc) is 2.21. The monoisotopic (exact) mass is 291 g/mol. The summed E-state index contributed by atoms with van der Waals surface area (Å²) in [7, 11) is -3.60. The highest BCUT2D eigenvalue weighted by molar-refractivity contribution is 7.89.